The molecule has 0 aromatic carbocycles. The predicted molar refractivity (Wildman–Crippen MR) is 184 cm³/mol. The highest BCUT2D eigenvalue weighted by atomic mass is 36.5. The van der Waals surface area contributed by atoms with Crippen LogP contribution >= 0.6 is 220 Å². The Labute approximate surface area is 306 Å². The third-order valence-electron chi connectivity index (χ3n) is 1.58. The fraction of sp³-hybridized carbons (Fsp3) is 0.750. The van der Waals surface area contributed by atoms with Gasteiger partial charge in [0.05, 0.1) is 10.8 Å². The van der Waals surface area contributed by atoms with Gasteiger partial charge in [0.15, 0.2) is 3.79 Å². The van der Waals surface area contributed by atoms with Gasteiger partial charge >= 0.3 is 0 Å². The van der Waals surface area contributed by atoms with Gasteiger partial charge in [-0.25, -0.2) is 0 Å². The van der Waals surface area contributed by atoms with Gasteiger partial charge in [0.25, 0.3) is 0 Å². The number of alkyl halides is 16. The highest BCUT2D eigenvalue weighted by Crippen LogP contribution is 2.34. The maximum Gasteiger partial charge on any atom is 0.207 e. The zero-order valence-electron chi connectivity index (χ0n) is 16.7. The predicted octanol–water partition coefficient (Wildman–Crippen LogP) is 14.7. The quantitative estimate of drug-likeness (QED) is 0.191. The van der Waals surface area contributed by atoms with Crippen molar-refractivity contribution < 1.29 is 0 Å². The molecule has 2 atom stereocenters. The zero-order valence-corrected chi connectivity index (χ0v) is 31.1. The molecule has 2 unspecified atom stereocenters. The van der Waals surface area contributed by atoms with Crippen molar-refractivity contribution in [1.29, 1.82) is 0 Å². The summed E-state index contributed by atoms with van der Waals surface area (Å²) in [6.07, 6.45) is 3.68. The number of rotatable bonds is 5. The molecule has 19 heteroatoms. The number of hydrogen-bond donors (Lipinski definition) is 0. The molecule has 0 aliphatic heterocycles. The first-order valence-electron chi connectivity index (χ1n) is 7.50. The molecule has 0 nitrogen and oxygen atoms in total. The Morgan fingerprint density at radius 2 is 0.800 bits per heavy atom. The van der Waals surface area contributed by atoms with E-state index in [-0.39, 0.29) is 31.6 Å². The lowest BCUT2D eigenvalue weighted by Gasteiger charge is -2.13. The van der Waals surface area contributed by atoms with Crippen molar-refractivity contribution in [2.24, 2.45) is 0 Å². The van der Waals surface area contributed by atoms with Gasteiger partial charge in [-0.15, -0.1) is 107 Å². The van der Waals surface area contributed by atoms with Crippen LogP contribution in [0, 0.1) is 0 Å². The van der Waals surface area contributed by atoms with Gasteiger partial charge in [-0.05, 0) is 0 Å². The summed E-state index contributed by atoms with van der Waals surface area (Å²) in [5, 5.41) is -1.23. The maximum absolute atomic E-state index is 5.41. The molecule has 0 saturated carbocycles. The van der Waals surface area contributed by atoms with E-state index in [4.69, 9.17) is 186 Å². The molecular weight excluding hydrogens is 866 g/mol. The molecule has 0 aromatic heterocycles. The smallest absolute Gasteiger partial charge is 0.147 e. The molecule has 0 saturated heterocycles. The monoisotopic (exact) mass is 882 g/mol. The normalized spacial score (nSPS) is 11.4. The Bertz CT molecular complexity index is 347. The molecule has 0 rings (SSSR count). The highest BCUT2D eigenvalue weighted by Gasteiger charge is 2.30. The molecule has 222 valence electrons. The second kappa shape index (κ2) is 41.1. The summed E-state index contributed by atoms with van der Waals surface area (Å²) in [5.74, 6) is 1.77. The molecule has 0 N–H and O–H groups in total. The second-order valence-electron chi connectivity index (χ2n) is 4.27. The third-order valence-corrected chi connectivity index (χ3v) is 6.92. The molecule has 0 radical (unpaired) electrons. The molecule has 0 aliphatic carbocycles. The minimum atomic E-state index is -1.44. The van der Waals surface area contributed by atoms with Crippen LogP contribution in [-0.4, -0.2) is 51.5 Å². The van der Waals surface area contributed by atoms with E-state index in [9.17, 15) is 0 Å². The summed E-state index contributed by atoms with van der Waals surface area (Å²) in [4.78, 5) is 0. The van der Waals surface area contributed by atoms with E-state index in [2.05, 4.69) is 34.9 Å². The van der Waals surface area contributed by atoms with Crippen LogP contribution in [0.15, 0.2) is 25.3 Å². The van der Waals surface area contributed by atoms with Gasteiger partial charge in [-0.2, -0.15) is 0 Å². The molecular formula is C16H25Cl19. The van der Waals surface area contributed by atoms with E-state index < -0.39 is 22.1 Å². The van der Waals surface area contributed by atoms with Crippen molar-refractivity contribution in [2.45, 2.75) is 36.0 Å². The first-order chi connectivity index (χ1) is 14.9. The number of hydrogen-bond acceptors (Lipinski definition) is 0. The van der Waals surface area contributed by atoms with E-state index in [0.29, 0.717) is 24.1 Å². The van der Waals surface area contributed by atoms with Gasteiger partial charge in [0, 0.05) is 57.5 Å². The SMILES string of the molecule is C.C=CCCl.C=CCCl.Cl.ClCC(Cl)C(Cl)(Cl)Cl.ClCC(Cl)C(Cl)(Cl)Cl.ClCCC(Cl)(Cl)Cl.ClCl. The Balaban J connectivity index is -0.0000000430. The molecule has 0 fully saturated rings. The third kappa shape index (κ3) is 73.2. The minimum absolute atomic E-state index is 0. The van der Waals surface area contributed by atoms with Crippen molar-refractivity contribution in [1.82, 2.24) is 0 Å². The number of halogens is 19. The van der Waals surface area contributed by atoms with Gasteiger partial charge in [0.2, 0.25) is 7.59 Å². The summed E-state index contributed by atoms with van der Waals surface area (Å²) >= 11 is 84.3. The summed E-state index contributed by atoms with van der Waals surface area (Å²) in [5.41, 5.74) is 0. The average molecular weight is 891 g/mol. The van der Waals surface area contributed by atoms with E-state index in [1.165, 1.54) is 0 Å². The van der Waals surface area contributed by atoms with Crippen LogP contribution in [0.4, 0.5) is 0 Å². The zero-order chi connectivity index (χ0) is 28.3. The standard InChI is InChI=1S/2C3H3Cl5.C3H4Cl4.2C3H5Cl.CH4.Cl2.ClH/c2*4-1-2(5)3(6,7)8;4-2-1-3(5,6)7;2*1-2-3-4;;1-2;/h2*2H,1H2;1-2H2;2*2H,1,3H2;1H4;;1H. The highest BCUT2D eigenvalue weighted by molar-refractivity contribution is 6.85. The largest absolute Gasteiger partial charge is 0.207 e. The van der Waals surface area contributed by atoms with Crippen LogP contribution < -0.4 is 0 Å². The minimum Gasteiger partial charge on any atom is -0.147 e. The molecule has 0 amide bonds. The molecule has 0 aromatic rings. The second-order valence-corrected chi connectivity index (χ2v) is 14.2. The van der Waals surface area contributed by atoms with Crippen molar-refractivity contribution in [2.75, 3.05) is 29.4 Å². The summed E-state index contributed by atoms with van der Waals surface area (Å²) in [7, 11) is 8.22. The molecule has 0 heterocycles. The molecule has 35 heavy (non-hydrogen) atoms. The van der Waals surface area contributed by atoms with Crippen molar-refractivity contribution in [3.05, 3.63) is 25.3 Å². The lowest BCUT2D eigenvalue weighted by Crippen LogP contribution is -2.20. The van der Waals surface area contributed by atoms with E-state index in [1.807, 2.05) is 0 Å². The number of allylic oxidation sites excluding steroid dienone is 2. The fourth-order valence-electron chi connectivity index (χ4n) is 0.282. The van der Waals surface area contributed by atoms with E-state index >= 15 is 0 Å². The first kappa shape index (κ1) is 59.4. The van der Waals surface area contributed by atoms with Crippen molar-refractivity contribution in [3.63, 3.8) is 0 Å². The Morgan fingerprint density at radius 1 is 0.600 bits per heavy atom. The average Bonchev–Trinajstić information content (AvgIpc) is 2.72. The topological polar surface area (TPSA) is 0 Å². The van der Waals surface area contributed by atoms with Gasteiger partial charge in [-0.3, -0.25) is 0 Å². The Morgan fingerprint density at radius 3 is 0.800 bits per heavy atom. The summed E-state index contributed by atoms with van der Waals surface area (Å²) < 4.78 is -4.05. The van der Waals surface area contributed by atoms with Crippen molar-refractivity contribution in [3.8, 4) is 0 Å². The van der Waals surface area contributed by atoms with Crippen LogP contribution in [0.3, 0.4) is 0 Å². The van der Waals surface area contributed by atoms with Gasteiger partial charge in [0.1, 0.15) is 0 Å². The van der Waals surface area contributed by atoms with Gasteiger partial charge < -0.3 is 0 Å². The first-order valence-corrected chi connectivity index (χ1v) is 15.6. The lowest BCUT2D eigenvalue weighted by molar-refractivity contribution is 0.983. The van der Waals surface area contributed by atoms with Crippen LogP contribution in [0.1, 0.15) is 13.8 Å². The van der Waals surface area contributed by atoms with E-state index in [0.717, 1.165) is 0 Å². The Hall–Kier alpha value is 4.99. The van der Waals surface area contributed by atoms with Crippen LogP contribution in [0.5, 0.6) is 0 Å². The van der Waals surface area contributed by atoms with Crippen LogP contribution in [-0.2, 0) is 0 Å². The van der Waals surface area contributed by atoms with Crippen LogP contribution in [0.2, 0.25) is 0 Å². The summed E-state index contributed by atoms with van der Waals surface area (Å²) in [6, 6.07) is 0. The van der Waals surface area contributed by atoms with E-state index in [1.54, 1.807) is 12.2 Å². The van der Waals surface area contributed by atoms with Crippen molar-refractivity contribution >= 4 is 220 Å². The fourth-order valence-corrected chi connectivity index (χ4v) is 2.54. The van der Waals surface area contributed by atoms with Crippen LogP contribution in [0.25, 0.3) is 0 Å². The molecule has 0 aliphatic rings. The summed E-state index contributed by atoms with van der Waals surface area (Å²) in [6.45, 7) is 6.69. The van der Waals surface area contributed by atoms with Gasteiger partial charge in [-0.1, -0.05) is 124 Å². The maximum atomic E-state index is 5.41. The Kier molecular flexibility index (Phi) is 69.8. The molecule has 0 spiro atoms. The molecule has 0 bridgehead atoms. The lowest BCUT2D eigenvalue weighted by atomic mass is 10.5.